The first-order chi connectivity index (χ1) is 10.1. The fourth-order valence-corrected chi connectivity index (χ4v) is 3.11. The zero-order valence-corrected chi connectivity index (χ0v) is 14.0. The van der Waals surface area contributed by atoms with E-state index in [2.05, 4.69) is 26.2 Å². The zero-order chi connectivity index (χ0) is 14.8. The normalized spacial score (nSPS) is 10.8. The van der Waals surface area contributed by atoms with Gasteiger partial charge >= 0.3 is 0 Å². The van der Waals surface area contributed by atoms with Crippen LogP contribution in [0.25, 0.3) is 10.9 Å². The minimum Gasteiger partial charge on any atom is -0.379 e. The Hall–Kier alpha value is -1.29. The minimum atomic E-state index is 0.609. The highest BCUT2D eigenvalue weighted by Crippen LogP contribution is 2.28. The van der Waals surface area contributed by atoms with Gasteiger partial charge in [-0.05, 0) is 35.9 Å². The van der Waals surface area contributed by atoms with Crippen LogP contribution in [0.2, 0.25) is 10.0 Å². The van der Waals surface area contributed by atoms with Gasteiger partial charge in [-0.15, -0.1) is 0 Å². The van der Waals surface area contributed by atoms with E-state index in [1.54, 1.807) is 6.20 Å². The van der Waals surface area contributed by atoms with E-state index in [9.17, 15) is 0 Å². The van der Waals surface area contributed by atoms with E-state index in [1.807, 2.05) is 42.5 Å². The molecule has 3 aromatic rings. The maximum atomic E-state index is 6.23. The Bertz CT molecular complexity index is 805. The van der Waals surface area contributed by atoms with Crippen molar-refractivity contribution in [3.05, 3.63) is 68.7 Å². The number of aromatic nitrogens is 1. The number of hydrogen-bond acceptors (Lipinski definition) is 2. The van der Waals surface area contributed by atoms with Crippen molar-refractivity contribution in [1.29, 1.82) is 0 Å². The van der Waals surface area contributed by atoms with E-state index in [1.165, 1.54) is 0 Å². The number of nitrogens with one attached hydrogen (secondary N) is 1. The Morgan fingerprint density at radius 1 is 1.10 bits per heavy atom. The third-order valence-electron chi connectivity index (χ3n) is 3.15. The van der Waals surface area contributed by atoms with E-state index >= 15 is 0 Å². The van der Waals surface area contributed by atoms with Gasteiger partial charge in [-0.2, -0.15) is 0 Å². The summed E-state index contributed by atoms with van der Waals surface area (Å²) in [5, 5.41) is 5.77. The van der Waals surface area contributed by atoms with Crippen LogP contribution in [0.3, 0.4) is 0 Å². The monoisotopic (exact) mass is 380 g/mol. The minimum absolute atomic E-state index is 0.609. The third-order valence-corrected chi connectivity index (χ3v) is 4.22. The third kappa shape index (κ3) is 3.31. The molecular weight excluding hydrogens is 371 g/mol. The lowest BCUT2D eigenvalue weighted by Gasteiger charge is -2.11. The van der Waals surface area contributed by atoms with E-state index in [0.717, 1.165) is 31.6 Å². The molecule has 0 saturated carbocycles. The van der Waals surface area contributed by atoms with Crippen molar-refractivity contribution in [3.8, 4) is 0 Å². The zero-order valence-electron chi connectivity index (χ0n) is 10.9. The van der Waals surface area contributed by atoms with Crippen LogP contribution in [0, 0.1) is 0 Å². The molecule has 1 aromatic heterocycles. The molecule has 0 aliphatic carbocycles. The Morgan fingerprint density at radius 2 is 1.95 bits per heavy atom. The molecule has 0 amide bonds. The Kier molecular flexibility index (Phi) is 4.34. The fraction of sp³-hybridized carbons (Fsp3) is 0.0625. The summed E-state index contributed by atoms with van der Waals surface area (Å²) in [5.74, 6) is 0. The lowest BCUT2D eigenvalue weighted by Crippen LogP contribution is -2.01. The number of rotatable bonds is 3. The Balaban J connectivity index is 1.91. The summed E-state index contributed by atoms with van der Waals surface area (Å²) in [4.78, 5) is 4.41. The van der Waals surface area contributed by atoms with Gasteiger partial charge in [0.25, 0.3) is 0 Å². The molecule has 3 rings (SSSR count). The van der Waals surface area contributed by atoms with E-state index in [-0.39, 0.29) is 0 Å². The smallest absolute Gasteiger partial charge is 0.0934 e. The van der Waals surface area contributed by atoms with Crippen LogP contribution in [0.15, 0.2) is 53.1 Å². The van der Waals surface area contributed by atoms with E-state index in [4.69, 9.17) is 23.2 Å². The van der Waals surface area contributed by atoms with Crippen molar-refractivity contribution >= 4 is 55.7 Å². The number of anilines is 1. The van der Waals surface area contributed by atoms with Crippen LogP contribution >= 0.6 is 39.1 Å². The summed E-state index contributed by atoms with van der Waals surface area (Å²) < 4.78 is 0.964. The Labute approximate surface area is 141 Å². The number of benzene rings is 2. The maximum absolute atomic E-state index is 6.23. The van der Waals surface area contributed by atoms with Crippen LogP contribution in [0.4, 0.5) is 5.69 Å². The molecule has 2 nitrogen and oxygen atoms in total. The summed E-state index contributed by atoms with van der Waals surface area (Å²) >= 11 is 15.8. The van der Waals surface area contributed by atoms with E-state index < -0.39 is 0 Å². The van der Waals surface area contributed by atoms with Gasteiger partial charge < -0.3 is 5.32 Å². The molecule has 0 spiro atoms. The molecule has 0 aliphatic rings. The molecule has 5 heteroatoms. The highest BCUT2D eigenvalue weighted by molar-refractivity contribution is 9.10. The molecule has 0 fully saturated rings. The van der Waals surface area contributed by atoms with Gasteiger partial charge in [0.15, 0.2) is 0 Å². The lowest BCUT2D eigenvalue weighted by molar-refractivity contribution is 1.15. The highest BCUT2D eigenvalue weighted by Gasteiger charge is 2.06. The maximum Gasteiger partial charge on any atom is 0.0934 e. The van der Waals surface area contributed by atoms with Crippen molar-refractivity contribution in [2.75, 3.05) is 5.32 Å². The number of halogens is 3. The van der Waals surface area contributed by atoms with Gasteiger partial charge in [-0.3, -0.25) is 4.98 Å². The Morgan fingerprint density at radius 3 is 2.76 bits per heavy atom. The quantitative estimate of drug-likeness (QED) is 0.609. The van der Waals surface area contributed by atoms with Gasteiger partial charge in [0.05, 0.1) is 11.2 Å². The van der Waals surface area contributed by atoms with E-state index in [0.29, 0.717) is 11.6 Å². The van der Waals surface area contributed by atoms with Gasteiger partial charge in [-0.1, -0.05) is 51.3 Å². The van der Waals surface area contributed by atoms with Gasteiger partial charge in [-0.25, -0.2) is 0 Å². The first-order valence-corrected chi connectivity index (χ1v) is 7.90. The number of hydrogen-bond donors (Lipinski definition) is 1. The number of pyridine rings is 1. The molecule has 1 heterocycles. The molecule has 0 unspecified atom stereocenters. The van der Waals surface area contributed by atoms with Crippen molar-refractivity contribution in [2.45, 2.75) is 6.54 Å². The first-order valence-electron chi connectivity index (χ1n) is 6.35. The standard InChI is InChI=1S/C16H11BrCl2N2/c17-12-4-3-11(14(19)7-12)9-21-15-8-13(18)6-10-2-1-5-20-16(10)15/h1-8,21H,9H2. The highest BCUT2D eigenvalue weighted by atomic mass is 79.9. The molecule has 0 aliphatic heterocycles. The molecular formula is C16H11BrCl2N2. The van der Waals surface area contributed by atoms with Crippen molar-refractivity contribution in [1.82, 2.24) is 4.98 Å². The molecule has 0 atom stereocenters. The molecule has 2 aromatic carbocycles. The first kappa shape index (κ1) is 14.6. The molecule has 1 N–H and O–H groups in total. The van der Waals surface area contributed by atoms with Crippen molar-refractivity contribution < 1.29 is 0 Å². The molecule has 0 bridgehead atoms. The lowest BCUT2D eigenvalue weighted by atomic mass is 10.1. The van der Waals surface area contributed by atoms with Gasteiger partial charge in [0.1, 0.15) is 0 Å². The molecule has 21 heavy (non-hydrogen) atoms. The summed E-state index contributed by atoms with van der Waals surface area (Å²) in [6.07, 6.45) is 1.77. The van der Waals surface area contributed by atoms with Crippen LogP contribution in [-0.4, -0.2) is 4.98 Å². The predicted octanol–water partition coefficient (Wildman–Crippen LogP) is 5.92. The molecule has 106 valence electrons. The second kappa shape index (κ2) is 6.22. The summed E-state index contributed by atoms with van der Waals surface area (Å²) in [6.45, 7) is 0.609. The van der Waals surface area contributed by atoms with Crippen molar-refractivity contribution in [2.24, 2.45) is 0 Å². The second-order valence-electron chi connectivity index (χ2n) is 4.62. The number of fused-ring (bicyclic) bond motifs is 1. The summed E-state index contributed by atoms with van der Waals surface area (Å²) in [7, 11) is 0. The van der Waals surface area contributed by atoms with Crippen LogP contribution in [0.5, 0.6) is 0 Å². The van der Waals surface area contributed by atoms with Crippen LogP contribution in [0.1, 0.15) is 5.56 Å². The topological polar surface area (TPSA) is 24.9 Å². The van der Waals surface area contributed by atoms with Crippen LogP contribution in [-0.2, 0) is 6.54 Å². The van der Waals surface area contributed by atoms with Crippen LogP contribution < -0.4 is 5.32 Å². The van der Waals surface area contributed by atoms with Gasteiger partial charge in [0.2, 0.25) is 0 Å². The number of nitrogens with zero attached hydrogens (tertiary/aromatic N) is 1. The van der Waals surface area contributed by atoms with Crippen molar-refractivity contribution in [3.63, 3.8) is 0 Å². The average Bonchev–Trinajstić information content (AvgIpc) is 2.46. The average molecular weight is 382 g/mol. The largest absolute Gasteiger partial charge is 0.379 e. The van der Waals surface area contributed by atoms with Gasteiger partial charge in [0, 0.05) is 32.6 Å². The fourth-order valence-electron chi connectivity index (χ4n) is 2.15. The molecule has 0 radical (unpaired) electrons. The SMILES string of the molecule is Clc1cc(NCc2ccc(Br)cc2Cl)c2ncccc2c1. The summed E-state index contributed by atoms with van der Waals surface area (Å²) in [5.41, 5.74) is 2.82. The second-order valence-corrected chi connectivity index (χ2v) is 6.38. The summed E-state index contributed by atoms with van der Waals surface area (Å²) in [6, 6.07) is 13.5. The molecule has 0 saturated heterocycles. The predicted molar refractivity (Wildman–Crippen MR) is 93.2 cm³/mol.